The first-order chi connectivity index (χ1) is 47.6. The Kier molecular flexibility index (Phi) is 30.4. The number of hydrogen-bond donors (Lipinski definition) is 9. The molecule has 3 saturated carbocycles. The maximum atomic E-state index is 6.13. The lowest BCUT2D eigenvalue weighted by Crippen LogP contribution is -2.72. The number of nitrogens with zero attached hydrogens (tertiary/aromatic N) is 9. The maximum absolute atomic E-state index is 6.13. The fraction of sp³-hybridized carbons (Fsp3) is 1.00. The molecule has 15 heterocycles. The second-order valence-electron chi connectivity index (χ2n) is 38.4. The van der Waals surface area contributed by atoms with Gasteiger partial charge in [0, 0.05) is 206 Å². The lowest BCUT2D eigenvalue weighted by molar-refractivity contribution is 0.0443. The number of likely N-dealkylation sites (tertiary alicyclic amines) is 9. The van der Waals surface area contributed by atoms with Gasteiger partial charge in [0.2, 0.25) is 0 Å². The molecule has 0 aromatic heterocycles. The van der Waals surface area contributed by atoms with Gasteiger partial charge in [-0.2, -0.15) is 0 Å². The van der Waals surface area contributed by atoms with Crippen LogP contribution in [0.3, 0.4) is 0 Å². The van der Waals surface area contributed by atoms with Crippen LogP contribution in [0.5, 0.6) is 0 Å². The molecule has 18 rings (SSSR count). The van der Waals surface area contributed by atoms with Crippen LogP contribution in [0.15, 0.2) is 0 Å². The van der Waals surface area contributed by atoms with Gasteiger partial charge in [-0.15, -0.1) is 0 Å². The molecule has 18 heteroatoms. The Morgan fingerprint density at radius 3 is 1.30 bits per heavy atom. The van der Waals surface area contributed by atoms with Crippen LogP contribution in [0.4, 0.5) is 0 Å². The van der Waals surface area contributed by atoms with Crippen molar-refractivity contribution in [1.82, 2.24) is 76.0 Å². The molecule has 0 bridgehead atoms. The molecule has 3 aliphatic carbocycles. The number of fused-ring (bicyclic) bond motifs is 9. The van der Waals surface area contributed by atoms with Gasteiger partial charge in [0.15, 0.2) is 0 Å². The topological polar surface area (TPSA) is 179 Å². The minimum atomic E-state index is 0.101. The molecule has 18 nitrogen and oxygen atoms in total. The minimum absolute atomic E-state index is 0.101. The van der Waals surface area contributed by atoms with Crippen molar-refractivity contribution < 1.29 is 0 Å². The van der Waals surface area contributed by atoms with E-state index in [0.29, 0.717) is 24.2 Å². The Morgan fingerprint density at radius 1 is 0.330 bits per heavy atom. The van der Waals surface area contributed by atoms with E-state index in [4.69, 9.17) is 17.2 Å². The largest absolute Gasteiger partial charge is 0.327 e. The summed E-state index contributed by atoms with van der Waals surface area (Å²) < 4.78 is 0. The van der Waals surface area contributed by atoms with Gasteiger partial charge in [-0.1, -0.05) is 12.8 Å². The molecule has 15 aliphatic heterocycles. The standard InChI is InChI=1S/C11H22N2.C11H21N.C10H20N2.2C9H18N2.C8H17N3.3C8H16N2/c1-9(2)13-7-3-4-10-8-12-6-5-11(10)13;1-9(2)12-7-6-10-4-3-5-11(10)8-12;1-8(2)12-7-3-4-9-10(12)5-6-11-9;1-7(2)11-4-3-8-5-10-9(8)6-11;1-7(2)11-5-8-3-4-10-9(8)6-11;1-6(2)11-3-7-8(9,5-11)4-10-7;1-6(2)10-4-7-3-9-8(7)5-10;1-6(2)10-4-7-3-8(7,9)5-10;1-5(2)10-3-6-7(4-10)8(6)9/h9-12H,3-8H2,1-2H3;9-11H,3-8H2,1-2H3;8-11H,3-7H2,1-2H3;2*7-10H,3-6H2,1-2H3;6-7,10H,3-5,9H2,1-2H3;6-9H,3-5H2,1-2H3;6-7H,3-5,9H2,1-2H3;5-8H,3-4,9H2,1-2H3. The van der Waals surface area contributed by atoms with Gasteiger partial charge in [0.25, 0.3) is 0 Å². The third-order valence-corrected chi connectivity index (χ3v) is 28.9. The molecule has 582 valence electrons. The molecular weight excluding hydrogens is 1240 g/mol. The van der Waals surface area contributed by atoms with E-state index in [-0.39, 0.29) is 11.1 Å². The highest BCUT2D eigenvalue weighted by molar-refractivity contribution is 5.16. The van der Waals surface area contributed by atoms with Crippen LogP contribution in [-0.2, 0) is 0 Å². The van der Waals surface area contributed by atoms with Gasteiger partial charge >= 0.3 is 0 Å². The second-order valence-corrected chi connectivity index (χ2v) is 38.4. The zero-order valence-corrected chi connectivity index (χ0v) is 68.2. The van der Waals surface area contributed by atoms with Crippen molar-refractivity contribution in [1.29, 1.82) is 0 Å². The molecule has 18 atom stereocenters. The first-order valence-corrected chi connectivity index (χ1v) is 43.0. The molecule has 100 heavy (non-hydrogen) atoms. The van der Waals surface area contributed by atoms with E-state index in [9.17, 15) is 0 Å². The molecule has 0 amide bonds. The fourth-order valence-corrected chi connectivity index (χ4v) is 21.0. The van der Waals surface area contributed by atoms with Crippen molar-refractivity contribution in [2.75, 3.05) is 151 Å². The van der Waals surface area contributed by atoms with Crippen LogP contribution in [0.1, 0.15) is 208 Å². The molecular formula is C82H164N18. The van der Waals surface area contributed by atoms with Crippen LogP contribution < -0.4 is 49.1 Å². The SMILES string of the molecule is CC(C)N1CC2C(N)C2C1.CC(C)N1CC2CC2(N)C1.CC(C)N1CC2CCNC2C1.CC(C)N1CC2CNC2C1.CC(C)N1CC2NCC2(N)C1.CC(C)N1CCC2CCCC2C1.CC(C)N1CCC2CNC2C1.CC(C)N1CCCC2CNCCC21.CC(C)N1CCCC2NCCC21. The summed E-state index contributed by atoms with van der Waals surface area (Å²) in [6.07, 6.45) is 18.4. The summed E-state index contributed by atoms with van der Waals surface area (Å²) in [4.78, 5) is 23.2. The summed E-state index contributed by atoms with van der Waals surface area (Å²) >= 11 is 0. The Bertz CT molecular complexity index is 2310. The lowest BCUT2D eigenvalue weighted by Gasteiger charge is -2.47. The molecule has 18 unspecified atom stereocenters. The van der Waals surface area contributed by atoms with Gasteiger partial charge < -0.3 is 58.9 Å². The van der Waals surface area contributed by atoms with Crippen LogP contribution >= 0.6 is 0 Å². The van der Waals surface area contributed by atoms with Gasteiger partial charge in [-0.25, -0.2) is 0 Å². The van der Waals surface area contributed by atoms with Crippen LogP contribution in [0, 0.1) is 53.3 Å². The Hall–Kier alpha value is -0.720. The van der Waals surface area contributed by atoms with E-state index in [1.54, 1.807) is 0 Å². The summed E-state index contributed by atoms with van der Waals surface area (Å²) in [7, 11) is 0. The summed E-state index contributed by atoms with van der Waals surface area (Å²) in [6, 6.07) is 12.6. The molecule has 12 N–H and O–H groups in total. The smallest absolute Gasteiger partial charge is 0.0577 e. The van der Waals surface area contributed by atoms with Crippen LogP contribution in [-0.4, -0.2) is 308 Å². The normalized spacial score (nSPS) is 40.2. The predicted octanol–water partition coefficient (Wildman–Crippen LogP) is 6.97. The number of nitrogens with one attached hydrogen (secondary N) is 6. The molecule has 0 radical (unpaired) electrons. The van der Waals surface area contributed by atoms with Crippen molar-refractivity contribution in [3.63, 3.8) is 0 Å². The molecule has 0 aromatic carbocycles. The Morgan fingerprint density at radius 2 is 0.800 bits per heavy atom. The Balaban J connectivity index is 0.000000122. The van der Waals surface area contributed by atoms with E-state index in [1.165, 1.54) is 208 Å². The average Bonchev–Trinajstić information content (AvgIpc) is 1.59. The van der Waals surface area contributed by atoms with Crippen molar-refractivity contribution in [3.05, 3.63) is 0 Å². The third kappa shape index (κ3) is 21.4. The van der Waals surface area contributed by atoms with Crippen LogP contribution in [0.25, 0.3) is 0 Å². The van der Waals surface area contributed by atoms with Gasteiger partial charge in [0.1, 0.15) is 0 Å². The van der Waals surface area contributed by atoms with E-state index in [2.05, 4.69) is 201 Å². The number of nitrogens with two attached hydrogens (primary N) is 3. The zero-order chi connectivity index (χ0) is 71.9. The quantitative estimate of drug-likeness (QED) is 0.115. The monoisotopic (exact) mass is 1400 g/mol. The molecule has 18 fully saturated rings. The van der Waals surface area contributed by atoms with E-state index in [0.717, 1.165) is 158 Å². The van der Waals surface area contributed by atoms with Gasteiger partial charge in [-0.05, 0) is 302 Å². The lowest BCUT2D eigenvalue weighted by atomic mass is 9.84. The third-order valence-electron chi connectivity index (χ3n) is 28.9. The van der Waals surface area contributed by atoms with Crippen molar-refractivity contribution in [2.45, 2.75) is 322 Å². The summed E-state index contributed by atoms with van der Waals surface area (Å²) in [6.45, 7) is 70.0. The summed E-state index contributed by atoms with van der Waals surface area (Å²) in [5.74, 6) is 8.55. The van der Waals surface area contributed by atoms with E-state index >= 15 is 0 Å². The van der Waals surface area contributed by atoms with Crippen molar-refractivity contribution in [3.8, 4) is 0 Å². The fourth-order valence-electron chi connectivity index (χ4n) is 21.0. The van der Waals surface area contributed by atoms with Crippen molar-refractivity contribution >= 4 is 0 Å². The highest BCUT2D eigenvalue weighted by atomic mass is 15.3. The maximum Gasteiger partial charge on any atom is 0.0577 e. The zero-order valence-electron chi connectivity index (χ0n) is 68.2. The molecule has 0 aromatic rings. The number of hydrogen-bond acceptors (Lipinski definition) is 18. The van der Waals surface area contributed by atoms with E-state index < -0.39 is 0 Å². The molecule has 15 saturated heterocycles. The first kappa shape index (κ1) is 81.8. The molecule has 0 spiro atoms. The van der Waals surface area contributed by atoms with E-state index in [1.807, 2.05) is 0 Å². The Labute approximate surface area is 615 Å². The number of piperidine rings is 7. The predicted molar refractivity (Wildman–Crippen MR) is 423 cm³/mol. The summed E-state index contributed by atoms with van der Waals surface area (Å²) in [5.41, 5.74) is 18.3. The molecule has 18 aliphatic rings. The summed E-state index contributed by atoms with van der Waals surface area (Å²) in [5, 5.41) is 21.0. The highest BCUT2D eigenvalue weighted by Crippen LogP contribution is 2.48. The van der Waals surface area contributed by atoms with Crippen molar-refractivity contribution in [2.24, 2.45) is 70.5 Å². The van der Waals surface area contributed by atoms with Gasteiger partial charge in [0.05, 0.1) is 5.54 Å². The number of rotatable bonds is 9. The highest BCUT2D eigenvalue weighted by Gasteiger charge is 2.58. The van der Waals surface area contributed by atoms with Gasteiger partial charge in [-0.3, -0.25) is 34.3 Å². The minimum Gasteiger partial charge on any atom is -0.327 e. The first-order valence-electron chi connectivity index (χ1n) is 43.0. The average molecular weight is 1400 g/mol. The second kappa shape index (κ2) is 37.1. The van der Waals surface area contributed by atoms with Crippen LogP contribution in [0.2, 0.25) is 0 Å².